The molecule has 1 heterocycles. The number of carboxylic acids is 1. The Morgan fingerprint density at radius 1 is 1.11 bits per heavy atom. The van der Waals surface area contributed by atoms with E-state index in [1.165, 1.54) is 24.3 Å². The van der Waals surface area contributed by atoms with Gasteiger partial charge in [0.25, 0.3) is 17.1 Å². The van der Waals surface area contributed by atoms with Gasteiger partial charge in [0.2, 0.25) is 0 Å². The molecule has 2 aromatic rings. The van der Waals surface area contributed by atoms with Gasteiger partial charge in [-0.25, -0.2) is 4.79 Å². The number of hydrogen-bond donors (Lipinski definition) is 3. The van der Waals surface area contributed by atoms with Crippen molar-refractivity contribution in [1.29, 1.82) is 0 Å². The van der Waals surface area contributed by atoms with Crippen LogP contribution in [0.4, 0.5) is 10.5 Å². The Morgan fingerprint density at radius 3 is 2.37 bits per heavy atom. The van der Waals surface area contributed by atoms with Crippen molar-refractivity contribution in [2.24, 2.45) is 0 Å². The van der Waals surface area contributed by atoms with Crippen LogP contribution in [0.25, 0.3) is 6.08 Å². The molecule has 3 amide bonds. The minimum atomic E-state index is -1.33. The maximum absolute atomic E-state index is 12.2. The molecule has 3 rings (SSSR count). The molecule has 0 spiro atoms. The zero-order valence-corrected chi connectivity index (χ0v) is 14.3. The number of thioether (sulfide) groups is 1. The Hall–Kier alpha value is -3.59. The van der Waals surface area contributed by atoms with Crippen LogP contribution in [0.15, 0.2) is 47.4 Å². The third kappa shape index (κ3) is 4.15. The van der Waals surface area contributed by atoms with Crippen LogP contribution in [-0.4, -0.2) is 28.1 Å². The van der Waals surface area contributed by atoms with E-state index in [0.29, 0.717) is 11.1 Å². The molecule has 2 aromatic carbocycles. The zero-order chi connectivity index (χ0) is 19.6. The van der Waals surface area contributed by atoms with Gasteiger partial charge < -0.3 is 15.5 Å². The monoisotopic (exact) mass is 383 g/mol. The third-order valence-electron chi connectivity index (χ3n) is 3.58. The molecule has 136 valence electrons. The Bertz CT molecular complexity index is 997. The van der Waals surface area contributed by atoms with Crippen molar-refractivity contribution in [2.75, 3.05) is 5.32 Å². The van der Waals surface area contributed by atoms with E-state index < -0.39 is 28.8 Å². The lowest BCUT2D eigenvalue weighted by Crippen LogP contribution is -2.17. The quantitative estimate of drug-likeness (QED) is 0.687. The van der Waals surface area contributed by atoms with Crippen LogP contribution < -0.4 is 15.7 Å². The highest BCUT2D eigenvalue weighted by Gasteiger charge is 2.24. The second-order valence-corrected chi connectivity index (χ2v) is 6.46. The van der Waals surface area contributed by atoms with E-state index in [1.54, 1.807) is 12.1 Å². The number of carboxylic acid groups (broad SMARTS) is 1. The zero-order valence-electron chi connectivity index (χ0n) is 13.5. The number of rotatable bonds is 4. The second-order valence-electron chi connectivity index (χ2n) is 5.44. The number of aromatic carboxylic acids is 1. The van der Waals surface area contributed by atoms with Crippen LogP contribution >= 0.6 is 11.8 Å². The lowest BCUT2D eigenvalue weighted by atomic mass is 10.1. The molecule has 0 unspecified atom stereocenters. The molecule has 1 aliphatic rings. The minimum absolute atomic E-state index is 0.179. The van der Waals surface area contributed by atoms with Gasteiger partial charge in [-0.1, -0.05) is 17.9 Å². The fourth-order valence-electron chi connectivity index (χ4n) is 2.28. The van der Waals surface area contributed by atoms with Crippen molar-refractivity contribution in [2.45, 2.75) is 0 Å². The van der Waals surface area contributed by atoms with E-state index in [1.807, 2.05) is 0 Å². The molecular formula is C18H11N2O6S-. The van der Waals surface area contributed by atoms with Crippen LogP contribution in [0, 0.1) is 0 Å². The smallest absolute Gasteiger partial charge is 0.335 e. The Morgan fingerprint density at radius 2 is 1.81 bits per heavy atom. The highest BCUT2D eigenvalue weighted by molar-refractivity contribution is 8.18. The summed E-state index contributed by atoms with van der Waals surface area (Å²) in [5.41, 5.74) is 0.731. The average Bonchev–Trinajstić information content (AvgIpc) is 2.92. The van der Waals surface area contributed by atoms with Crippen LogP contribution in [0.5, 0.6) is 5.75 Å². The maximum atomic E-state index is 12.2. The first kappa shape index (κ1) is 18.2. The summed E-state index contributed by atoms with van der Waals surface area (Å²) in [6, 6.07) is 9.73. The van der Waals surface area contributed by atoms with Crippen LogP contribution in [-0.2, 0) is 4.79 Å². The summed E-state index contributed by atoms with van der Waals surface area (Å²) < 4.78 is 0. The molecule has 9 heteroatoms. The predicted molar refractivity (Wildman–Crippen MR) is 96.3 cm³/mol. The van der Waals surface area contributed by atoms with Gasteiger partial charge in [0.1, 0.15) is 0 Å². The fraction of sp³-hybridized carbons (Fsp3) is 0. The summed E-state index contributed by atoms with van der Waals surface area (Å²) in [5, 5.41) is 24.7. The molecule has 0 bridgehead atoms. The van der Waals surface area contributed by atoms with Crippen molar-refractivity contribution in [1.82, 2.24) is 5.32 Å². The highest BCUT2D eigenvalue weighted by Crippen LogP contribution is 2.25. The molecule has 0 aliphatic carbocycles. The molecule has 1 fully saturated rings. The van der Waals surface area contributed by atoms with Gasteiger partial charge in [-0.15, -0.1) is 0 Å². The molecule has 1 aliphatic heterocycles. The Kier molecular flexibility index (Phi) is 4.95. The van der Waals surface area contributed by atoms with Gasteiger partial charge in [0.05, 0.1) is 10.5 Å². The molecular weight excluding hydrogens is 372 g/mol. The highest BCUT2D eigenvalue weighted by atomic mass is 32.2. The van der Waals surface area contributed by atoms with Gasteiger partial charge in [0.15, 0.2) is 0 Å². The minimum Gasteiger partial charge on any atom is -0.872 e. The van der Waals surface area contributed by atoms with E-state index >= 15 is 0 Å². The number of nitrogens with one attached hydrogen (secondary N) is 2. The van der Waals surface area contributed by atoms with Crippen LogP contribution in [0.2, 0.25) is 0 Å². The summed E-state index contributed by atoms with van der Waals surface area (Å²) in [7, 11) is 0. The summed E-state index contributed by atoms with van der Waals surface area (Å²) in [6.07, 6.45) is 1.53. The third-order valence-corrected chi connectivity index (χ3v) is 4.39. The van der Waals surface area contributed by atoms with E-state index in [2.05, 4.69) is 10.6 Å². The lowest BCUT2D eigenvalue weighted by Gasteiger charge is -2.13. The van der Waals surface area contributed by atoms with E-state index in [-0.39, 0.29) is 16.2 Å². The largest absolute Gasteiger partial charge is 0.872 e. The average molecular weight is 383 g/mol. The molecule has 8 nitrogen and oxygen atoms in total. The van der Waals surface area contributed by atoms with Gasteiger partial charge >= 0.3 is 5.97 Å². The van der Waals surface area contributed by atoms with Crippen LogP contribution in [0.3, 0.4) is 0 Å². The van der Waals surface area contributed by atoms with E-state index in [4.69, 9.17) is 5.11 Å². The second kappa shape index (κ2) is 7.34. The Labute approximate surface area is 156 Å². The SMILES string of the molecule is O=C1NC(=O)/C(=C/c2ccc(C(=O)Nc3ccc(C(=O)O)c([O-])c3)cc2)S1. The molecule has 0 radical (unpaired) electrons. The normalized spacial score (nSPS) is 14.9. The van der Waals surface area contributed by atoms with Crippen molar-refractivity contribution >= 4 is 46.5 Å². The summed E-state index contributed by atoms with van der Waals surface area (Å²) in [6.45, 7) is 0. The number of anilines is 1. The van der Waals surface area contributed by atoms with Gasteiger partial charge in [-0.05, 0) is 53.7 Å². The first-order valence-electron chi connectivity index (χ1n) is 7.54. The summed E-state index contributed by atoms with van der Waals surface area (Å²) in [4.78, 5) is 46.0. The predicted octanol–water partition coefficient (Wildman–Crippen LogP) is 2.03. The van der Waals surface area contributed by atoms with Crippen molar-refractivity contribution in [3.8, 4) is 5.75 Å². The fourth-order valence-corrected chi connectivity index (χ4v) is 2.97. The lowest BCUT2D eigenvalue weighted by molar-refractivity contribution is -0.268. The number of amides is 3. The number of benzene rings is 2. The number of carbonyl (C=O) groups is 4. The molecule has 0 aromatic heterocycles. The molecule has 0 saturated carbocycles. The number of carbonyl (C=O) groups excluding carboxylic acids is 3. The van der Waals surface area contributed by atoms with Crippen molar-refractivity contribution in [3.05, 3.63) is 64.1 Å². The first-order chi connectivity index (χ1) is 12.8. The molecule has 1 saturated heterocycles. The van der Waals surface area contributed by atoms with Gasteiger partial charge in [0, 0.05) is 11.3 Å². The molecule has 27 heavy (non-hydrogen) atoms. The van der Waals surface area contributed by atoms with Gasteiger partial charge in [-0.2, -0.15) is 0 Å². The standard InChI is InChI=1S/C18H12N2O6S/c21-13-8-11(5-6-12(13)17(24)25)19-15(22)10-3-1-9(2-4-10)7-14-16(23)20-18(26)27-14/h1-8,21H,(H,19,22)(H,24,25)(H,20,23,26)/p-1/b14-7-. The summed E-state index contributed by atoms with van der Waals surface area (Å²) in [5.74, 6) is -2.99. The molecule has 0 atom stereocenters. The number of hydrogen-bond acceptors (Lipinski definition) is 6. The first-order valence-corrected chi connectivity index (χ1v) is 8.36. The van der Waals surface area contributed by atoms with E-state index in [0.717, 1.165) is 23.9 Å². The summed E-state index contributed by atoms with van der Waals surface area (Å²) >= 11 is 0.796. The number of imide groups is 1. The topological polar surface area (TPSA) is 136 Å². The van der Waals surface area contributed by atoms with Crippen molar-refractivity contribution < 1.29 is 29.4 Å². The van der Waals surface area contributed by atoms with Crippen LogP contribution in [0.1, 0.15) is 26.3 Å². The van der Waals surface area contributed by atoms with Crippen molar-refractivity contribution in [3.63, 3.8) is 0 Å². The maximum Gasteiger partial charge on any atom is 0.335 e. The van der Waals surface area contributed by atoms with Gasteiger partial charge in [-0.3, -0.25) is 19.7 Å². The molecule has 3 N–H and O–H groups in total. The van der Waals surface area contributed by atoms with E-state index in [9.17, 15) is 24.3 Å². The Balaban J connectivity index is 1.72.